The van der Waals surface area contributed by atoms with Crippen LogP contribution in [0.5, 0.6) is 0 Å². The van der Waals surface area contributed by atoms with Gasteiger partial charge in [-0.05, 0) is 23.6 Å². The second-order valence-corrected chi connectivity index (χ2v) is 12.3. The number of fused-ring (bicyclic) bond motifs is 11. The molecule has 4 fully saturated rings. The van der Waals surface area contributed by atoms with Crippen LogP contribution in [0.2, 0.25) is 0 Å². The first kappa shape index (κ1) is 25.4. The number of ketones is 3. The molecular weight excluding hydrogens is 536 g/mol. The molecule has 0 radical (unpaired) electrons. The number of hydrogen-bond acceptors (Lipinski definition) is 8. The number of ether oxygens (including phenoxy) is 3. The van der Waals surface area contributed by atoms with Gasteiger partial charge in [-0.3, -0.25) is 24.0 Å². The predicted octanol–water partition coefficient (Wildman–Crippen LogP) is 3.95. The third-order valence-electron chi connectivity index (χ3n) is 10.4. The number of Topliss-reactive ketones (excluding diaryl/α,β-unsaturated/α-hetero) is 2. The van der Waals surface area contributed by atoms with Gasteiger partial charge in [-0.15, -0.1) is 0 Å². The van der Waals surface area contributed by atoms with Crippen LogP contribution in [0.3, 0.4) is 0 Å². The Kier molecular flexibility index (Phi) is 5.49. The highest BCUT2D eigenvalue weighted by atomic mass is 16.6. The van der Waals surface area contributed by atoms with Crippen molar-refractivity contribution in [3.05, 3.63) is 89.2 Å². The molecule has 3 heterocycles. The highest BCUT2D eigenvalue weighted by Gasteiger charge is 2.78. The highest BCUT2D eigenvalue weighted by molar-refractivity contribution is 6.17. The van der Waals surface area contributed by atoms with Crippen molar-refractivity contribution in [2.45, 2.75) is 44.0 Å². The minimum absolute atomic E-state index is 0.0232. The summed E-state index contributed by atoms with van der Waals surface area (Å²) in [6, 6.07) is 18.7. The fraction of sp³-hybridized carbons (Fsp3) is 0.382. The highest BCUT2D eigenvalue weighted by Crippen LogP contribution is 2.69. The fourth-order valence-electron chi connectivity index (χ4n) is 8.86. The monoisotopic (exact) mass is 564 g/mol. The summed E-state index contributed by atoms with van der Waals surface area (Å²) in [7, 11) is 0. The SMILES string of the molecule is O=C1C[C@@H]2C3=C(O[C@@H](c4ccccc4)CC3=O)[C@H]3[C@@H]([C@@H]2O1)[C@H]1C[C@@H]2OC(=O)C[C@@H]2[C@]3(C(=O)/C=C/c2ccccc2)C1=O. The van der Waals surface area contributed by atoms with Crippen LogP contribution in [-0.4, -0.2) is 41.5 Å². The maximum absolute atomic E-state index is 14.6. The number of benzene rings is 2. The zero-order valence-electron chi connectivity index (χ0n) is 22.6. The molecule has 8 heteroatoms. The van der Waals surface area contributed by atoms with Crippen molar-refractivity contribution in [2.24, 2.45) is 35.0 Å². The van der Waals surface area contributed by atoms with Gasteiger partial charge in [0, 0.05) is 35.2 Å². The van der Waals surface area contributed by atoms with Gasteiger partial charge in [0.15, 0.2) is 17.3 Å². The summed E-state index contributed by atoms with van der Waals surface area (Å²) in [5.41, 5.74) is 0.271. The van der Waals surface area contributed by atoms with Crippen molar-refractivity contribution in [1.29, 1.82) is 0 Å². The number of rotatable bonds is 4. The van der Waals surface area contributed by atoms with E-state index < -0.39 is 71.0 Å². The number of hydrogen-bond donors (Lipinski definition) is 0. The Balaban J connectivity index is 1.33. The van der Waals surface area contributed by atoms with Gasteiger partial charge in [-0.25, -0.2) is 0 Å². The summed E-state index contributed by atoms with van der Waals surface area (Å²) < 4.78 is 18.3. The molecule has 8 rings (SSSR count). The molecule has 8 nitrogen and oxygen atoms in total. The first-order valence-electron chi connectivity index (χ1n) is 14.6. The smallest absolute Gasteiger partial charge is 0.306 e. The first-order chi connectivity index (χ1) is 20.4. The molecule has 0 spiro atoms. The summed E-state index contributed by atoms with van der Waals surface area (Å²) in [5.74, 6) is -4.78. The van der Waals surface area contributed by atoms with E-state index in [1.807, 2.05) is 60.7 Å². The van der Waals surface area contributed by atoms with E-state index in [2.05, 4.69) is 0 Å². The largest absolute Gasteiger partial charge is 0.489 e. The molecule has 42 heavy (non-hydrogen) atoms. The van der Waals surface area contributed by atoms with Crippen LogP contribution < -0.4 is 0 Å². The van der Waals surface area contributed by atoms with Crippen LogP contribution in [0, 0.1) is 35.0 Å². The zero-order valence-corrected chi connectivity index (χ0v) is 22.6. The Hall–Kier alpha value is -4.33. The average Bonchev–Trinajstić information content (AvgIpc) is 3.62. The predicted molar refractivity (Wildman–Crippen MR) is 146 cm³/mol. The maximum Gasteiger partial charge on any atom is 0.306 e. The van der Waals surface area contributed by atoms with Gasteiger partial charge in [0.2, 0.25) is 0 Å². The summed E-state index contributed by atoms with van der Waals surface area (Å²) in [4.78, 5) is 68.5. The van der Waals surface area contributed by atoms with Crippen molar-refractivity contribution in [3.63, 3.8) is 0 Å². The first-order valence-corrected chi connectivity index (χ1v) is 14.6. The Morgan fingerprint density at radius 2 is 1.52 bits per heavy atom. The lowest BCUT2D eigenvalue weighted by atomic mass is 9.57. The summed E-state index contributed by atoms with van der Waals surface area (Å²) in [6.07, 6.45) is 1.42. The van der Waals surface area contributed by atoms with Crippen molar-refractivity contribution in [2.75, 3.05) is 0 Å². The molecule has 0 unspecified atom stereocenters. The normalized spacial score (nSPS) is 37.9. The third kappa shape index (κ3) is 3.38. The van der Waals surface area contributed by atoms with Crippen LogP contribution in [0.1, 0.15) is 42.9 Å². The summed E-state index contributed by atoms with van der Waals surface area (Å²) >= 11 is 0. The molecule has 2 saturated carbocycles. The third-order valence-corrected chi connectivity index (χ3v) is 10.4. The standard InChI is InChI=1S/C34H28O8/c35-22-16-23(18-9-5-2-6-10-18)41-32-28(22)19-14-26(37)42-31(19)29-20-13-24-21(15-27(38)40-24)34(30(29)32,33(20)39)25(36)12-11-17-7-3-1-4-8-17/h1-12,19-21,23-24,29-31H,13-16H2/b12-11+/t19-,20-,21+,23-,24+,29+,30-,31-,34-/m1/s1. The van der Waals surface area contributed by atoms with Crippen LogP contribution >= 0.6 is 0 Å². The number of carbonyl (C=O) groups excluding carboxylic acids is 5. The minimum Gasteiger partial charge on any atom is -0.489 e. The lowest BCUT2D eigenvalue weighted by Gasteiger charge is -2.46. The van der Waals surface area contributed by atoms with Gasteiger partial charge in [0.05, 0.1) is 19.3 Å². The van der Waals surface area contributed by atoms with Crippen molar-refractivity contribution in [1.82, 2.24) is 0 Å². The van der Waals surface area contributed by atoms with E-state index in [4.69, 9.17) is 14.2 Å². The molecule has 2 aromatic carbocycles. The quantitative estimate of drug-likeness (QED) is 0.312. The van der Waals surface area contributed by atoms with Gasteiger partial charge in [-0.1, -0.05) is 66.7 Å². The topological polar surface area (TPSA) is 113 Å². The molecule has 3 aliphatic heterocycles. The molecule has 2 bridgehead atoms. The molecule has 2 saturated heterocycles. The molecule has 3 aliphatic carbocycles. The average molecular weight is 565 g/mol. The second kappa shape index (κ2) is 9.08. The molecule has 9 atom stereocenters. The van der Waals surface area contributed by atoms with E-state index in [1.165, 1.54) is 6.08 Å². The Morgan fingerprint density at radius 1 is 0.810 bits per heavy atom. The lowest BCUT2D eigenvalue weighted by Crippen LogP contribution is -2.54. The van der Waals surface area contributed by atoms with Gasteiger partial charge in [-0.2, -0.15) is 0 Å². The summed E-state index contributed by atoms with van der Waals surface area (Å²) in [5, 5.41) is 0. The number of carbonyl (C=O) groups is 5. The van der Waals surface area contributed by atoms with Crippen molar-refractivity contribution < 1.29 is 38.2 Å². The van der Waals surface area contributed by atoms with Gasteiger partial charge < -0.3 is 14.2 Å². The van der Waals surface area contributed by atoms with Crippen molar-refractivity contribution >= 4 is 35.4 Å². The molecule has 0 aromatic heterocycles. The molecule has 0 N–H and O–H groups in total. The molecule has 6 aliphatic rings. The molecule has 212 valence electrons. The lowest BCUT2D eigenvalue weighted by molar-refractivity contribution is -0.154. The Labute approximate surface area is 241 Å². The van der Waals surface area contributed by atoms with Crippen LogP contribution in [-0.2, 0) is 38.2 Å². The van der Waals surface area contributed by atoms with E-state index in [-0.39, 0.29) is 37.2 Å². The van der Waals surface area contributed by atoms with Gasteiger partial charge in [0.1, 0.15) is 29.5 Å². The second-order valence-electron chi connectivity index (χ2n) is 12.3. The van der Waals surface area contributed by atoms with E-state index in [0.29, 0.717) is 11.3 Å². The number of esters is 2. The minimum atomic E-state index is -1.69. The van der Waals surface area contributed by atoms with Crippen LogP contribution in [0.25, 0.3) is 6.08 Å². The Morgan fingerprint density at radius 3 is 2.29 bits per heavy atom. The molecule has 2 aromatic rings. The number of allylic oxidation sites excluding steroid dienone is 2. The Bertz CT molecular complexity index is 1610. The maximum atomic E-state index is 14.6. The zero-order chi connectivity index (χ0) is 28.7. The van der Waals surface area contributed by atoms with Crippen LogP contribution in [0.4, 0.5) is 0 Å². The van der Waals surface area contributed by atoms with E-state index >= 15 is 0 Å². The summed E-state index contributed by atoms with van der Waals surface area (Å²) in [6.45, 7) is 0. The van der Waals surface area contributed by atoms with Gasteiger partial charge >= 0.3 is 11.9 Å². The van der Waals surface area contributed by atoms with E-state index in [1.54, 1.807) is 6.08 Å². The van der Waals surface area contributed by atoms with Crippen molar-refractivity contribution in [3.8, 4) is 0 Å². The molecular formula is C34H28O8. The van der Waals surface area contributed by atoms with Crippen LogP contribution in [0.15, 0.2) is 78.1 Å². The van der Waals surface area contributed by atoms with E-state index in [9.17, 15) is 24.0 Å². The van der Waals surface area contributed by atoms with Gasteiger partial charge in [0.25, 0.3) is 0 Å². The van der Waals surface area contributed by atoms with E-state index in [0.717, 1.165) is 11.1 Å². The fourth-order valence-corrected chi connectivity index (χ4v) is 8.86. The molecule has 0 amide bonds.